The molecule has 1 aliphatic heterocycles. The van der Waals surface area contributed by atoms with Crippen molar-refractivity contribution in [3.05, 3.63) is 59.4 Å². The minimum absolute atomic E-state index is 0.136. The molecule has 1 N–H and O–H groups in total. The molecule has 1 aromatic heterocycles. The average molecular weight is 520 g/mol. The molecule has 0 radical (unpaired) electrons. The van der Waals surface area contributed by atoms with Crippen LogP contribution in [-0.4, -0.2) is 52.6 Å². The first-order chi connectivity index (χ1) is 17.4. The van der Waals surface area contributed by atoms with E-state index in [0.29, 0.717) is 24.0 Å². The summed E-state index contributed by atoms with van der Waals surface area (Å²) >= 11 is 0. The number of benzene rings is 1. The molecule has 1 saturated carbocycles. The predicted molar refractivity (Wildman–Crippen MR) is 121 cm³/mol. The number of carbonyl (C=O) groups excluding carboxylic acids is 2. The van der Waals surface area contributed by atoms with Gasteiger partial charge < -0.3 is 15.0 Å². The number of nitrogens with one attached hydrogen (secondary N) is 1. The Hall–Kier alpha value is -4.01. The van der Waals surface area contributed by atoms with E-state index in [2.05, 4.69) is 15.0 Å². The summed E-state index contributed by atoms with van der Waals surface area (Å²) in [4.78, 5) is 30.5. The highest BCUT2D eigenvalue weighted by Gasteiger charge is 2.62. The van der Waals surface area contributed by atoms with Gasteiger partial charge >= 0.3 is 6.36 Å². The number of ether oxygens (including phenoxy) is 1. The maximum Gasteiger partial charge on any atom is 0.573 e. The lowest BCUT2D eigenvalue weighted by molar-refractivity contribution is -0.274. The molecule has 37 heavy (non-hydrogen) atoms. The van der Waals surface area contributed by atoms with Gasteiger partial charge in [0.2, 0.25) is 5.91 Å². The lowest BCUT2D eigenvalue weighted by Gasteiger charge is -2.31. The fourth-order valence-corrected chi connectivity index (χ4v) is 4.40. The van der Waals surface area contributed by atoms with Gasteiger partial charge in [-0.05, 0) is 42.5 Å². The number of nitrogens with zero attached hydrogens (tertiary/aromatic N) is 3. The van der Waals surface area contributed by atoms with Crippen molar-refractivity contribution in [2.24, 2.45) is 5.92 Å². The zero-order valence-corrected chi connectivity index (χ0v) is 19.3. The summed E-state index contributed by atoms with van der Waals surface area (Å²) in [6.45, 7) is -1.45. The van der Waals surface area contributed by atoms with Gasteiger partial charge in [0.25, 0.3) is 11.8 Å². The van der Waals surface area contributed by atoms with Crippen LogP contribution in [-0.2, 0) is 4.79 Å². The molecule has 0 spiro atoms. The fourth-order valence-electron chi connectivity index (χ4n) is 4.40. The zero-order valence-electron chi connectivity index (χ0n) is 19.3. The Balaban J connectivity index is 1.42. The molecule has 1 saturated heterocycles. The van der Waals surface area contributed by atoms with E-state index in [0.717, 1.165) is 17.0 Å². The molecule has 0 bridgehead atoms. The number of amides is 2. The maximum atomic E-state index is 14.2. The van der Waals surface area contributed by atoms with Crippen LogP contribution in [0.25, 0.3) is 12.2 Å². The molecule has 1 aliphatic carbocycles. The topological polar surface area (TPSA) is 95.3 Å². The number of hydrogen-bond acceptors (Lipinski definition) is 5. The minimum atomic E-state index is -4.81. The van der Waals surface area contributed by atoms with Crippen LogP contribution in [0.15, 0.2) is 42.7 Å². The van der Waals surface area contributed by atoms with E-state index in [1.165, 1.54) is 36.7 Å². The third kappa shape index (κ3) is 6.04. The minimum Gasteiger partial charge on any atom is -0.406 e. The summed E-state index contributed by atoms with van der Waals surface area (Å²) in [5.41, 5.74) is -0.573. The van der Waals surface area contributed by atoms with E-state index in [-0.39, 0.29) is 17.2 Å². The van der Waals surface area contributed by atoms with Gasteiger partial charge in [-0.1, -0.05) is 24.3 Å². The molecule has 2 amide bonds. The van der Waals surface area contributed by atoms with Crippen molar-refractivity contribution in [3.8, 4) is 11.8 Å². The van der Waals surface area contributed by atoms with Crippen molar-refractivity contribution in [2.45, 2.75) is 37.1 Å². The number of hydrogen-bond donors (Lipinski definition) is 1. The molecule has 2 aliphatic rings. The van der Waals surface area contributed by atoms with Gasteiger partial charge in [-0.3, -0.25) is 14.6 Å². The molecule has 7 nitrogen and oxygen atoms in total. The largest absolute Gasteiger partial charge is 0.573 e. The standard InChI is InChI=1S/C25H21F5N4O3/c26-24(27)13-23(14-31,18-5-6-18)34(15-24)21(35)12-33-22(36)20-9-10-32-11-17(20)4-1-16-2-7-19(8-3-16)37-25(28,29)30/h1-4,7-11,18H,5-6,12-13,15H2,(H,33,36)/b4-1+. The molecule has 1 atom stereocenters. The molecule has 12 heteroatoms. The van der Waals surface area contributed by atoms with Crippen LogP contribution in [0.1, 0.15) is 40.7 Å². The Kier molecular flexibility index (Phi) is 6.90. The first-order valence-corrected chi connectivity index (χ1v) is 11.3. The lowest BCUT2D eigenvalue weighted by Crippen LogP contribution is -2.51. The van der Waals surface area contributed by atoms with Gasteiger partial charge in [0, 0.05) is 23.5 Å². The van der Waals surface area contributed by atoms with Gasteiger partial charge in [-0.25, -0.2) is 8.78 Å². The lowest BCUT2D eigenvalue weighted by atomic mass is 9.91. The van der Waals surface area contributed by atoms with Crippen molar-refractivity contribution >= 4 is 24.0 Å². The van der Waals surface area contributed by atoms with Crippen LogP contribution in [0.2, 0.25) is 0 Å². The summed E-state index contributed by atoms with van der Waals surface area (Å²) in [6, 6.07) is 8.38. The Morgan fingerprint density at radius 2 is 1.89 bits per heavy atom. The first kappa shape index (κ1) is 26.1. The third-order valence-electron chi connectivity index (χ3n) is 6.21. The monoisotopic (exact) mass is 520 g/mol. The molecule has 4 rings (SSSR count). The molecule has 1 unspecified atom stereocenters. The molecular weight excluding hydrogens is 499 g/mol. The highest BCUT2D eigenvalue weighted by atomic mass is 19.4. The number of aromatic nitrogens is 1. The molecule has 1 aromatic carbocycles. The van der Waals surface area contributed by atoms with Gasteiger partial charge in [0.1, 0.15) is 11.3 Å². The van der Waals surface area contributed by atoms with Crippen molar-refractivity contribution in [1.29, 1.82) is 5.26 Å². The summed E-state index contributed by atoms with van der Waals surface area (Å²) in [7, 11) is 0. The van der Waals surface area contributed by atoms with Crippen LogP contribution in [0.3, 0.4) is 0 Å². The van der Waals surface area contributed by atoms with E-state index < -0.39 is 49.1 Å². The maximum absolute atomic E-state index is 14.2. The molecule has 2 fully saturated rings. The number of carbonyl (C=O) groups is 2. The van der Waals surface area contributed by atoms with Crippen molar-refractivity contribution in [3.63, 3.8) is 0 Å². The van der Waals surface area contributed by atoms with Crippen molar-refractivity contribution in [2.75, 3.05) is 13.1 Å². The van der Waals surface area contributed by atoms with Gasteiger partial charge in [0.05, 0.1) is 25.6 Å². The second-order valence-corrected chi connectivity index (χ2v) is 8.92. The van der Waals surface area contributed by atoms with E-state index in [1.807, 2.05) is 6.07 Å². The highest BCUT2D eigenvalue weighted by molar-refractivity contribution is 6.00. The number of alkyl halides is 5. The van der Waals surface area contributed by atoms with E-state index in [4.69, 9.17) is 0 Å². The molecule has 194 valence electrons. The highest BCUT2D eigenvalue weighted by Crippen LogP contribution is 2.52. The van der Waals surface area contributed by atoms with Gasteiger partial charge in [-0.15, -0.1) is 13.2 Å². The normalized spacial score (nSPS) is 21.0. The van der Waals surface area contributed by atoms with Gasteiger partial charge in [-0.2, -0.15) is 5.26 Å². The Morgan fingerprint density at radius 3 is 2.51 bits per heavy atom. The van der Waals surface area contributed by atoms with Crippen LogP contribution in [0.5, 0.6) is 5.75 Å². The summed E-state index contributed by atoms with van der Waals surface area (Å²) in [6.07, 6.45) is 1.44. The van der Waals surface area contributed by atoms with Crippen LogP contribution >= 0.6 is 0 Å². The molecule has 2 aromatic rings. The van der Waals surface area contributed by atoms with Crippen molar-refractivity contribution in [1.82, 2.24) is 15.2 Å². The number of rotatable bonds is 7. The second kappa shape index (κ2) is 9.80. The fraction of sp³-hybridized carbons (Fsp3) is 0.360. The quantitative estimate of drug-likeness (QED) is 0.546. The zero-order chi connectivity index (χ0) is 26.8. The van der Waals surface area contributed by atoms with E-state index in [9.17, 15) is 36.8 Å². The Bertz CT molecular complexity index is 1250. The number of likely N-dealkylation sites (tertiary alicyclic amines) is 1. The summed E-state index contributed by atoms with van der Waals surface area (Å²) in [5, 5.41) is 12.1. The van der Waals surface area contributed by atoms with E-state index in [1.54, 1.807) is 6.08 Å². The summed E-state index contributed by atoms with van der Waals surface area (Å²) in [5.74, 6) is -5.31. The second-order valence-electron chi connectivity index (χ2n) is 8.92. The van der Waals surface area contributed by atoms with Crippen LogP contribution in [0, 0.1) is 17.2 Å². The number of nitriles is 1. The molecular formula is C25H21F5N4O3. The average Bonchev–Trinajstić information content (AvgIpc) is 3.65. The Morgan fingerprint density at radius 1 is 1.19 bits per heavy atom. The van der Waals surface area contributed by atoms with Gasteiger partial charge in [0.15, 0.2) is 0 Å². The van der Waals surface area contributed by atoms with Crippen LogP contribution in [0.4, 0.5) is 22.0 Å². The van der Waals surface area contributed by atoms with Crippen LogP contribution < -0.4 is 10.1 Å². The first-order valence-electron chi connectivity index (χ1n) is 11.3. The SMILES string of the molecule is N#CC1(C2CC2)CC(F)(F)CN1C(=O)CNC(=O)c1ccncc1/C=C/c1ccc(OC(F)(F)F)cc1. The van der Waals surface area contributed by atoms with Crippen molar-refractivity contribution < 1.29 is 36.3 Å². The predicted octanol–water partition coefficient (Wildman–Crippen LogP) is 4.42. The van der Waals surface area contributed by atoms with E-state index >= 15 is 0 Å². The Labute approximate surface area is 208 Å². The number of pyridine rings is 1. The third-order valence-corrected chi connectivity index (χ3v) is 6.21. The smallest absolute Gasteiger partial charge is 0.406 e. The summed E-state index contributed by atoms with van der Waals surface area (Å²) < 4.78 is 69.1. The number of halogens is 5. The molecule has 2 heterocycles.